The third-order valence-corrected chi connectivity index (χ3v) is 2.12. The lowest BCUT2D eigenvalue weighted by molar-refractivity contribution is 0.0595. The molecule has 1 aromatic rings. The van der Waals surface area contributed by atoms with Crippen LogP contribution in [0.3, 0.4) is 0 Å². The van der Waals surface area contributed by atoms with Gasteiger partial charge in [-0.15, -0.1) is 0 Å². The van der Waals surface area contributed by atoms with E-state index in [9.17, 15) is 9.18 Å². The number of carbonyl (C=O) groups is 1. The van der Waals surface area contributed by atoms with Crippen molar-refractivity contribution >= 4 is 5.97 Å². The first-order chi connectivity index (χ1) is 7.15. The number of halogens is 1. The average molecular weight is 207 g/mol. The molecular weight excluding hydrogens is 197 g/mol. The van der Waals surface area contributed by atoms with Crippen LogP contribution in [-0.4, -0.2) is 13.1 Å². The molecule has 0 heterocycles. The first-order valence-electron chi connectivity index (χ1n) is 4.45. The molecule has 0 radical (unpaired) electrons. The summed E-state index contributed by atoms with van der Waals surface area (Å²) in [6.45, 7) is 1.72. The predicted octanol–water partition coefficient (Wildman–Crippen LogP) is 2.05. The highest BCUT2D eigenvalue weighted by Gasteiger charge is 2.17. The quantitative estimate of drug-likeness (QED) is 0.697. The zero-order chi connectivity index (χ0) is 11.4. The van der Waals surface area contributed by atoms with Crippen molar-refractivity contribution in [3.8, 4) is 6.07 Å². The Kier molecular flexibility index (Phi) is 3.40. The SMILES string of the molecule is CCc1c(C#N)ccc(C(=O)OC)c1F. The molecule has 0 N–H and O–H groups in total. The average Bonchev–Trinajstić information content (AvgIpc) is 2.27. The number of hydrogen-bond donors (Lipinski definition) is 0. The number of benzene rings is 1. The van der Waals surface area contributed by atoms with Gasteiger partial charge in [0.05, 0.1) is 24.3 Å². The molecule has 78 valence electrons. The summed E-state index contributed by atoms with van der Waals surface area (Å²) in [5, 5.41) is 8.73. The van der Waals surface area contributed by atoms with Crippen LogP contribution in [0.4, 0.5) is 4.39 Å². The van der Waals surface area contributed by atoms with Gasteiger partial charge in [0.1, 0.15) is 5.82 Å². The van der Waals surface area contributed by atoms with Crippen molar-refractivity contribution in [1.29, 1.82) is 5.26 Å². The summed E-state index contributed by atoms with van der Waals surface area (Å²) in [5.74, 6) is -1.39. The summed E-state index contributed by atoms with van der Waals surface area (Å²) in [5.41, 5.74) is 0.372. The topological polar surface area (TPSA) is 50.1 Å². The lowest BCUT2D eigenvalue weighted by Crippen LogP contribution is -2.07. The van der Waals surface area contributed by atoms with E-state index in [0.29, 0.717) is 6.42 Å². The number of nitriles is 1. The summed E-state index contributed by atoms with van der Waals surface area (Å²) < 4.78 is 18.1. The molecule has 15 heavy (non-hydrogen) atoms. The maximum absolute atomic E-state index is 13.7. The first kappa shape index (κ1) is 11.2. The van der Waals surface area contributed by atoms with Gasteiger partial charge >= 0.3 is 5.97 Å². The third kappa shape index (κ3) is 1.96. The van der Waals surface area contributed by atoms with E-state index in [-0.39, 0.29) is 16.7 Å². The minimum atomic E-state index is -0.730. The Labute approximate surface area is 87.1 Å². The van der Waals surface area contributed by atoms with Crippen LogP contribution in [0.5, 0.6) is 0 Å². The van der Waals surface area contributed by atoms with Crippen molar-refractivity contribution < 1.29 is 13.9 Å². The fourth-order valence-corrected chi connectivity index (χ4v) is 1.34. The number of carbonyl (C=O) groups excluding carboxylic acids is 1. The Hall–Kier alpha value is -1.89. The summed E-state index contributed by atoms with van der Waals surface area (Å²) in [6, 6.07) is 4.57. The maximum Gasteiger partial charge on any atom is 0.340 e. The van der Waals surface area contributed by atoms with Crippen LogP contribution in [0.25, 0.3) is 0 Å². The minimum Gasteiger partial charge on any atom is -0.465 e. The third-order valence-electron chi connectivity index (χ3n) is 2.12. The number of hydrogen-bond acceptors (Lipinski definition) is 3. The summed E-state index contributed by atoms with van der Waals surface area (Å²) >= 11 is 0. The molecule has 0 aliphatic rings. The second kappa shape index (κ2) is 4.56. The van der Waals surface area contributed by atoms with Gasteiger partial charge in [0.15, 0.2) is 0 Å². The largest absolute Gasteiger partial charge is 0.465 e. The van der Waals surface area contributed by atoms with Crippen molar-refractivity contribution in [2.75, 3.05) is 7.11 Å². The summed E-state index contributed by atoms with van der Waals surface area (Å²) in [6.07, 6.45) is 0.361. The van der Waals surface area contributed by atoms with E-state index in [1.54, 1.807) is 6.92 Å². The summed E-state index contributed by atoms with van der Waals surface area (Å²) in [4.78, 5) is 11.2. The van der Waals surface area contributed by atoms with Crippen LogP contribution in [0, 0.1) is 17.1 Å². The van der Waals surface area contributed by atoms with Crippen molar-refractivity contribution in [3.63, 3.8) is 0 Å². The van der Waals surface area contributed by atoms with Crippen LogP contribution >= 0.6 is 0 Å². The molecule has 0 atom stereocenters. The Morgan fingerprint density at radius 1 is 1.60 bits per heavy atom. The van der Waals surface area contributed by atoms with Crippen LogP contribution in [0.2, 0.25) is 0 Å². The maximum atomic E-state index is 13.7. The zero-order valence-electron chi connectivity index (χ0n) is 8.50. The van der Waals surface area contributed by atoms with Crippen molar-refractivity contribution in [3.05, 3.63) is 34.6 Å². The van der Waals surface area contributed by atoms with Gasteiger partial charge in [-0.25, -0.2) is 9.18 Å². The van der Waals surface area contributed by atoms with Gasteiger partial charge < -0.3 is 4.74 Å². The molecule has 0 spiro atoms. The number of esters is 1. The molecule has 0 aliphatic heterocycles. The zero-order valence-corrected chi connectivity index (χ0v) is 8.50. The molecule has 0 amide bonds. The standard InChI is InChI=1S/C11H10FNO2/c1-3-8-7(6-13)4-5-9(10(8)12)11(14)15-2/h4-5H,3H2,1-2H3. The van der Waals surface area contributed by atoms with Crippen molar-refractivity contribution in [2.24, 2.45) is 0 Å². The number of rotatable bonds is 2. The van der Waals surface area contributed by atoms with Crippen molar-refractivity contribution in [1.82, 2.24) is 0 Å². The number of nitrogens with zero attached hydrogens (tertiary/aromatic N) is 1. The molecule has 0 saturated carbocycles. The normalized spacial score (nSPS) is 9.47. The Balaban J connectivity index is 3.37. The van der Waals surface area contributed by atoms with Crippen LogP contribution in [-0.2, 0) is 11.2 Å². The molecule has 1 aromatic carbocycles. The summed E-state index contributed by atoms with van der Waals surface area (Å²) in [7, 11) is 1.19. The van der Waals surface area contributed by atoms with Gasteiger partial charge in [-0.2, -0.15) is 5.26 Å². The minimum absolute atomic E-state index is 0.131. The molecule has 0 bridgehead atoms. The lowest BCUT2D eigenvalue weighted by Gasteiger charge is -2.06. The Morgan fingerprint density at radius 3 is 2.73 bits per heavy atom. The molecule has 0 fully saturated rings. The lowest BCUT2D eigenvalue weighted by atomic mass is 10.0. The molecule has 4 heteroatoms. The van der Waals surface area contributed by atoms with E-state index in [4.69, 9.17) is 5.26 Å². The smallest absolute Gasteiger partial charge is 0.340 e. The van der Waals surface area contributed by atoms with Crippen LogP contribution < -0.4 is 0 Å². The second-order valence-corrected chi connectivity index (χ2v) is 2.91. The van der Waals surface area contributed by atoms with Gasteiger partial charge in [-0.05, 0) is 18.6 Å². The van der Waals surface area contributed by atoms with Gasteiger partial charge in [-0.1, -0.05) is 6.92 Å². The van der Waals surface area contributed by atoms with E-state index in [0.717, 1.165) is 0 Å². The van der Waals surface area contributed by atoms with Crippen LogP contribution in [0.15, 0.2) is 12.1 Å². The van der Waals surface area contributed by atoms with E-state index < -0.39 is 11.8 Å². The first-order valence-corrected chi connectivity index (χ1v) is 4.45. The Morgan fingerprint density at radius 2 is 2.27 bits per heavy atom. The highest BCUT2D eigenvalue weighted by atomic mass is 19.1. The molecular formula is C11H10FNO2. The molecule has 3 nitrogen and oxygen atoms in total. The van der Waals surface area contributed by atoms with Crippen LogP contribution in [0.1, 0.15) is 28.4 Å². The number of ether oxygens (including phenoxy) is 1. The van der Waals surface area contributed by atoms with Crippen molar-refractivity contribution in [2.45, 2.75) is 13.3 Å². The van der Waals surface area contributed by atoms with Gasteiger partial charge in [0.2, 0.25) is 0 Å². The highest BCUT2D eigenvalue weighted by Crippen LogP contribution is 2.18. The van der Waals surface area contributed by atoms with Gasteiger partial charge in [0.25, 0.3) is 0 Å². The van der Waals surface area contributed by atoms with E-state index >= 15 is 0 Å². The highest BCUT2D eigenvalue weighted by molar-refractivity contribution is 5.90. The van der Waals surface area contributed by atoms with E-state index in [1.807, 2.05) is 6.07 Å². The predicted molar refractivity (Wildman–Crippen MR) is 51.8 cm³/mol. The fraction of sp³-hybridized carbons (Fsp3) is 0.273. The monoisotopic (exact) mass is 207 g/mol. The van der Waals surface area contributed by atoms with E-state index in [1.165, 1.54) is 19.2 Å². The van der Waals surface area contributed by atoms with E-state index in [2.05, 4.69) is 4.74 Å². The fourth-order valence-electron chi connectivity index (χ4n) is 1.34. The molecule has 0 saturated heterocycles. The van der Waals surface area contributed by atoms with Gasteiger partial charge in [-0.3, -0.25) is 0 Å². The number of methoxy groups -OCH3 is 1. The molecule has 0 unspecified atom stereocenters. The Bertz CT molecular complexity index is 435. The molecule has 1 rings (SSSR count). The van der Waals surface area contributed by atoms with Gasteiger partial charge in [0, 0.05) is 5.56 Å². The molecule has 0 aliphatic carbocycles. The second-order valence-electron chi connectivity index (χ2n) is 2.91. The molecule has 0 aromatic heterocycles.